The summed E-state index contributed by atoms with van der Waals surface area (Å²) in [5, 5.41) is 0. The van der Waals surface area contributed by atoms with Gasteiger partial charge in [0.15, 0.2) is 0 Å². The fraction of sp³-hybridized carbons (Fsp3) is 1.00. The minimum Gasteiger partial charge on any atom is 0 e. The molecule has 0 atom stereocenters. The molecule has 2 radical (unpaired) electrons. The first-order valence-corrected chi connectivity index (χ1v) is 12.0. The van der Waals surface area contributed by atoms with Crippen LogP contribution in [0.2, 0.25) is 4.13 Å². The Kier molecular flexibility index (Phi) is 109. The number of rotatable bonds is 3. The van der Waals surface area contributed by atoms with Crippen molar-refractivity contribution in [3.05, 3.63) is 0 Å². The molecule has 0 aromatic heterocycles. The molecule has 1 heterocycles. The van der Waals surface area contributed by atoms with E-state index in [0.717, 1.165) is 0 Å². The van der Waals surface area contributed by atoms with E-state index in [-0.39, 0.29) is 218 Å². The van der Waals surface area contributed by atoms with Gasteiger partial charge in [0.05, 0.1) is 8.54 Å². The fourth-order valence-electron chi connectivity index (χ4n) is 1.30. The van der Waals surface area contributed by atoms with Crippen molar-refractivity contribution in [2.75, 3.05) is 18.5 Å². The third-order valence-electron chi connectivity index (χ3n) is 1.83. The van der Waals surface area contributed by atoms with E-state index in [4.69, 9.17) is 0 Å². The summed E-state index contributed by atoms with van der Waals surface area (Å²) >= 11 is 5.61. The van der Waals surface area contributed by atoms with E-state index < -0.39 is 8.54 Å². The van der Waals surface area contributed by atoms with Crippen LogP contribution in [0.15, 0.2) is 0 Å². The van der Waals surface area contributed by atoms with E-state index in [1.54, 1.807) is 62.5 Å². The molecule has 1 nitrogen and oxygen atoms in total. The Hall–Kier alpha value is 9.22. The average molecular weight is 2120 g/mol. The molecule has 0 aliphatic carbocycles. The van der Waals surface area contributed by atoms with E-state index >= 15 is 0 Å². The minimum atomic E-state index is -1.22. The topological polar surface area (TPSA) is 17.1 Å². The van der Waals surface area contributed by atoms with Crippen molar-refractivity contribution >= 4 is 60.4 Å². The van der Waals surface area contributed by atoms with Crippen molar-refractivity contribution < 1.29 is 222 Å². The van der Waals surface area contributed by atoms with Crippen LogP contribution in [-0.4, -0.2) is 47.4 Å². The molecule has 0 N–H and O–H groups in total. The molecular formula is C7H15BiOP2S2U7. The third-order valence-corrected chi connectivity index (χ3v) is 5.91. The Balaban J connectivity index is -0.0000000201. The van der Waals surface area contributed by atoms with Crippen LogP contribution in [0, 0.1) is 218 Å². The molecule has 0 aromatic carbocycles. The van der Waals surface area contributed by atoms with E-state index in [1.165, 1.54) is 4.13 Å². The second-order valence-electron chi connectivity index (χ2n) is 2.86. The van der Waals surface area contributed by atoms with Gasteiger partial charge in [-0.2, -0.15) is 0 Å². The number of hydrogen-bond donors (Lipinski definition) is 0. The van der Waals surface area contributed by atoms with Crippen LogP contribution in [-0.2, 0) is 19.7 Å². The molecule has 1 saturated heterocycles. The summed E-state index contributed by atoms with van der Waals surface area (Å²) in [6, 6.07) is 0. The standard InChI is InChI=1S/C7H14P.Bi.HOPS2.7U/c1-2-5-8-6-3-4-7-8;;1-4(2)3;;;;;;;/h1-7H2;;2H;;;;;;;. The zero-order valence-electron chi connectivity index (χ0n) is 11.1. The van der Waals surface area contributed by atoms with Gasteiger partial charge in [-0.3, -0.25) is 0 Å². The van der Waals surface area contributed by atoms with Gasteiger partial charge in [-0.25, -0.2) is 4.21 Å². The average Bonchev–Trinajstić information content (AvgIpc) is 2.51. The maximum Gasteiger partial charge on any atom is 0 e. The van der Waals surface area contributed by atoms with E-state index in [0.29, 0.717) is 7.92 Å². The zero-order chi connectivity index (χ0) is 10.1. The molecule has 1 fully saturated rings. The van der Waals surface area contributed by atoms with Crippen molar-refractivity contribution in [3.8, 4) is 0 Å². The summed E-state index contributed by atoms with van der Waals surface area (Å²) in [5.41, 5.74) is 0. The van der Waals surface area contributed by atoms with Crippen molar-refractivity contribution in [2.45, 2.75) is 23.4 Å². The molecule has 20 heavy (non-hydrogen) atoms. The van der Waals surface area contributed by atoms with E-state index in [2.05, 4.69) is 19.2 Å². The van der Waals surface area contributed by atoms with Crippen LogP contribution in [0.4, 0.5) is 0 Å². The predicted molar refractivity (Wildman–Crippen MR) is 69.8 cm³/mol. The van der Waals surface area contributed by atoms with Crippen molar-refractivity contribution in [2.24, 2.45) is 0 Å². The van der Waals surface area contributed by atoms with Gasteiger partial charge in [0.25, 0.3) is 0 Å². The van der Waals surface area contributed by atoms with Gasteiger partial charge in [0.2, 0.25) is 0 Å². The van der Waals surface area contributed by atoms with Gasteiger partial charge < -0.3 is 0 Å². The Morgan fingerprint density at radius 3 is 1.55 bits per heavy atom. The summed E-state index contributed by atoms with van der Waals surface area (Å²) in [5.74, 6) is 0. The SMILES string of the molecule is O=S(=P)=S.[Bi][CH2]CCP1CCCC1.[U].[U].[U].[U].[U].[U].[U]. The molecule has 0 saturated carbocycles. The second-order valence-corrected chi connectivity index (χ2v) is 10.7. The van der Waals surface area contributed by atoms with Gasteiger partial charge in [0.1, 0.15) is 0 Å². The maximum absolute atomic E-state index is 9.28. The second kappa shape index (κ2) is 42.3. The first-order chi connectivity index (χ1) is 6.16. The molecule has 1 aliphatic rings. The largest absolute Gasteiger partial charge is 0 e. The third kappa shape index (κ3) is 45.8. The summed E-state index contributed by atoms with van der Waals surface area (Å²) < 4.78 is 10.8. The van der Waals surface area contributed by atoms with Crippen LogP contribution in [0.1, 0.15) is 19.3 Å². The van der Waals surface area contributed by atoms with Crippen LogP contribution >= 0.6 is 15.9 Å². The molecule has 1 aliphatic heterocycles. The monoisotopic (exact) mass is 2120 g/mol. The molecule has 0 amide bonds. The van der Waals surface area contributed by atoms with Crippen molar-refractivity contribution in [3.63, 3.8) is 0 Å². The van der Waals surface area contributed by atoms with Gasteiger partial charge in [-0.05, 0) is 8.02 Å². The fourth-order valence-corrected chi connectivity index (χ4v) is 5.55. The van der Waals surface area contributed by atoms with Gasteiger partial charge in [-0.1, -0.05) is 0 Å². The molecule has 0 unspecified atom stereocenters. The number of hydrogen-bond acceptors (Lipinski definition) is 2. The minimum absolute atomic E-state index is 0. The van der Waals surface area contributed by atoms with Gasteiger partial charge in [-0.15, -0.1) is 0 Å². The van der Waals surface area contributed by atoms with Crippen molar-refractivity contribution in [1.82, 2.24) is 0 Å². The molecule has 13 heteroatoms. The summed E-state index contributed by atoms with van der Waals surface area (Å²) in [7, 11) is 1.94. The molecular weight excluding hydrogens is 2100 g/mol. The van der Waals surface area contributed by atoms with Crippen molar-refractivity contribution in [1.29, 1.82) is 0 Å². The van der Waals surface area contributed by atoms with E-state index in [1.807, 2.05) is 0 Å². The predicted octanol–water partition coefficient (Wildman–Crippen LogP) is 2.49. The molecule has 1 rings (SSSR count). The maximum atomic E-state index is 9.28. The van der Waals surface area contributed by atoms with Crippen LogP contribution in [0.3, 0.4) is 0 Å². The summed E-state index contributed by atoms with van der Waals surface area (Å²) in [6.07, 6.45) is 9.45. The smallest absolute Gasteiger partial charge is 0 e. The normalized spacial score (nSPS) is 10.7. The molecule has 0 spiro atoms. The quantitative estimate of drug-likeness (QED) is 0.320. The van der Waals surface area contributed by atoms with Gasteiger partial charge in [0, 0.05) is 229 Å². The Morgan fingerprint density at radius 1 is 1.00 bits per heavy atom. The Morgan fingerprint density at radius 2 is 1.30 bits per heavy atom. The summed E-state index contributed by atoms with van der Waals surface area (Å²) in [4.78, 5) is 0. The zero-order valence-corrected chi connectivity index (χ0v) is 47.2. The van der Waals surface area contributed by atoms with Crippen LogP contribution in [0.25, 0.3) is 0 Å². The summed E-state index contributed by atoms with van der Waals surface area (Å²) in [6.45, 7) is 0. The molecule has 104 valence electrons. The van der Waals surface area contributed by atoms with Crippen LogP contribution in [0.5, 0.6) is 0 Å². The molecule has 0 aromatic rings. The van der Waals surface area contributed by atoms with Gasteiger partial charge >= 0.3 is 74.5 Å². The van der Waals surface area contributed by atoms with E-state index in [9.17, 15) is 4.21 Å². The first kappa shape index (κ1) is 51.7. The first-order valence-electron chi connectivity index (χ1n) is 4.30. The Labute approximate surface area is 315 Å². The Bertz CT molecular complexity index is 222. The van der Waals surface area contributed by atoms with Crippen LogP contribution < -0.4 is 0 Å². The molecule has 0 bridgehead atoms.